The summed E-state index contributed by atoms with van der Waals surface area (Å²) >= 11 is 0. The summed E-state index contributed by atoms with van der Waals surface area (Å²) in [5, 5.41) is 0.877. The minimum Gasteiger partial charge on any atom is -0.328 e. The van der Waals surface area contributed by atoms with E-state index in [2.05, 4.69) is 21.7 Å². The van der Waals surface area contributed by atoms with Gasteiger partial charge in [-0.25, -0.2) is 12.4 Å². The molecule has 3 heterocycles. The highest BCUT2D eigenvalue weighted by molar-refractivity contribution is 7.90. The molecule has 1 aliphatic rings. The van der Waals surface area contributed by atoms with Crippen molar-refractivity contribution in [3.05, 3.63) is 96.7 Å². The van der Waals surface area contributed by atoms with E-state index in [0.29, 0.717) is 12.2 Å². The second kappa shape index (κ2) is 7.28. The minimum absolute atomic E-state index is 0.278. The van der Waals surface area contributed by atoms with Gasteiger partial charge >= 0.3 is 0 Å². The largest absolute Gasteiger partial charge is 0.328 e. The number of anilines is 2. The van der Waals surface area contributed by atoms with Gasteiger partial charge in [-0.1, -0.05) is 23.8 Å². The average molecular weight is 431 g/mol. The predicted molar refractivity (Wildman–Crippen MR) is 124 cm³/mol. The Morgan fingerprint density at radius 2 is 1.68 bits per heavy atom. The van der Waals surface area contributed by atoms with Crippen LogP contribution >= 0.6 is 0 Å². The van der Waals surface area contributed by atoms with E-state index in [1.807, 2.05) is 68.0 Å². The van der Waals surface area contributed by atoms with Crippen molar-refractivity contribution in [2.24, 2.45) is 0 Å². The number of hydrogen-bond acceptors (Lipinski definition) is 5. The molecule has 0 N–H and O–H groups in total. The van der Waals surface area contributed by atoms with Gasteiger partial charge in [0.15, 0.2) is 0 Å². The molecule has 0 aliphatic carbocycles. The first-order valence-electron chi connectivity index (χ1n) is 9.99. The molecule has 156 valence electrons. The zero-order valence-corrected chi connectivity index (χ0v) is 18.1. The highest BCUT2D eigenvalue weighted by Gasteiger charge is 2.21. The number of aromatic nitrogens is 2. The standard InChI is InChI=1S/C24H22N4O2S/c1-18-3-7-22(8-4-18)31(29,30)28-12-10-20-5-6-21(15-23(20)28)26-13-14-27(17-26)24-16-25-11-9-19(24)2/h3-16H,17H2,1-2H3. The molecule has 0 bridgehead atoms. The van der Waals surface area contributed by atoms with E-state index in [4.69, 9.17) is 0 Å². The Hall–Kier alpha value is -3.58. The summed E-state index contributed by atoms with van der Waals surface area (Å²) in [4.78, 5) is 8.71. The van der Waals surface area contributed by atoms with Crippen LogP contribution in [0.1, 0.15) is 11.1 Å². The van der Waals surface area contributed by atoms with Crippen LogP contribution < -0.4 is 9.80 Å². The second-order valence-electron chi connectivity index (χ2n) is 7.71. The van der Waals surface area contributed by atoms with Crippen LogP contribution in [0.4, 0.5) is 11.4 Å². The van der Waals surface area contributed by atoms with Gasteiger partial charge in [0, 0.05) is 35.9 Å². The van der Waals surface area contributed by atoms with Crippen LogP contribution in [0.15, 0.2) is 90.5 Å². The van der Waals surface area contributed by atoms with Crippen LogP contribution in [-0.4, -0.2) is 24.0 Å². The summed E-state index contributed by atoms with van der Waals surface area (Å²) in [6.07, 6.45) is 9.26. The van der Waals surface area contributed by atoms with Crippen LogP contribution in [0.25, 0.3) is 10.9 Å². The third-order valence-corrected chi connectivity index (χ3v) is 7.31. The lowest BCUT2D eigenvalue weighted by molar-refractivity contribution is 0.589. The highest BCUT2D eigenvalue weighted by atomic mass is 32.2. The number of fused-ring (bicyclic) bond motifs is 1. The number of hydrogen-bond donors (Lipinski definition) is 0. The molecule has 0 saturated carbocycles. The van der Waals surface area contributed by atoms with Crippen LogP contribution in [0, 0.1) is 13.8 Å². The number of rotatable bonds is 4. The van der Waals surface area contributed by atoms with Crippen molar-refractivity contribution < 1.29 is 8.42 Å². The lowest BCUT2D eigenvalue weighted by atomic mass is 10.2. The van der Waals surface area contributed by atoms with Gasteiger partial charge < -0.3 is 9.80 Å². The van der Waals surface area contributed by atoms with Crippen molar-refractivity contribution in [3.8, 4) is 0 Å². The van der Waals surface area contributed by atoms with Gasteiger partial charge in [-0.15, -0.1) is 0 Å². The normalized spacial score (nSPS) is 14.0. The molecule has 0 fully saturated rings. The Balaban J connectivity index is 1.50. The zero-order chi connectivity index (χ0) is 21.6. The lowest BCUT2D eigenvalue weighted by Crippen LogP contribution is -2.25. The van der Waals surface area contributed by atoms with Crippen molar-refractivity contribution in [1.82, 2.24) is 8.96 Å². The molecule has 6 nitrogen and oxygen atoms in total. The van der Waals surface area contributed by atoms with Crippen LogP contribution in [0.3, 0.4) is 0 Å². The number of pyridine rings is 1. The Morgan fingerprint density at radius 3 is 2.45 bits per heavy atom. The van der Waals surface area contributed by atoms with E-state index in [1.165, 1.54) is 3.97 Å². The van der Waals surface area contributed by atoms with Crippen molar-refractivity contribution >= 4 is 32.3 Å². The maximum Gasteiger partial charge on any atom is 0.268 e. The molecule has 4 aromatic rings. The van der Waals surface area contributed by atoms with Gasteiger partial charge in [0.1, 0.15) is 0 Å². The Labute approximate surface area is 181 Å². The van der Waals surface area contributed by atoms with E-state index in [0.717, 1.165) is 27.9 Å². The SMILES string of the molecule is Cc1ccc(S(=O)(=O)n2ccc3ccc(N4C=CN(c5cnccc5C)C4)cc32)cc1. The van der Waals surface area contributed by atoms with Crippen molar-refractivity contribution in [2.45, 2.75) is 18.7 Å². The summed E-state index contributed by atoms with van der Waals surface area (Å²) in [5.41, 5.74) is 4.80. The molecule has 2 aromatic carbocycles. The molecule has 0 atom stereocenters. The zero-order valence-electron chi connectivity index (χ0n) is 17.3. The fourth-order valence-corrected chi connectivity index (χ4v) is 5.15. The molecule has 31 heavy (non-hydrogen) atoms. The van der Waals surface area contributed by atoms with Crippen molar-refractivity contribution in [3.63, 3.8) is 0 Å². The molecule has 5 rings (SSSR count). The number of nitrogens with zero attached hydrogens (tertiary/aromatic N) is 4. The smallest absolute Gasteiger partial charge is 0.268 e. The first-order chi connectivity index (χ1) is 14.9. The molecule has 0 unspecified atom stereocenters. The van der Waals surface area contributed by atoms with Gasteiger partial charge in [-0.05, 0) is 55.8 Å². The number of aryl methyl sites for hydroxylation is 2. The summed E-state index contributed by atoms with van der Waals surface area (Å²) in [7, 11) is -3.68. The van der Waals surface area contributed by atoms with Crippen LogP contribution in [0.2, 0.25) is 0 Å². The van der Waals surface area contributed by atoms with E-state index in [1.54, 1.807) is 24.5 Å². The van der Waals surface area contributed by atoms with E-state index in [9.17, 15) is 8.42 Å². The molecule has 0 amide bonds. The number of benzene rings is 2. The fourth-order valence-electron chi connectivity index (χ4n) is 3.80. The fraction of sp³-hybridized carbons (Fsp3) is 0.125. The minimum atomic E-state index is -3.68. The van der Waals surface area contributed by atoms with Gasteiger partial charge in [0.2, 0.25) is 0 Å². The first kappa shape index (κ1) is 19.4. The quantitative estimate of drug-likeness (QED) is 0.472. The lowest BCUT2D eigenvalue weighted by Gasteiger charge is -2.22. The van der Waals surface area contributed by atoms with Crippen molar-refractivity contribution in [1.29, 1.82) is 0 Å². The van der Waals surface area contributed by atoms with Gasteiger partial charge in [0.05, 0.1) is 29.0 Å². The van der Waals surface area contributed by atoms with E-state index >= 15 is 0 Å². The summed E-state index contributed by atoms with van der Waals surface area (Å²) in [6.45, 7) is 4.62. The molecule has 0 spiro atoms. The Bertz CT molecular complexity index is 1410. The summed E-state index contributed by atoms with van der Waals surface area (Å²) in [6, 6.07) is 16.6. The van der Waals surface area contributed by atoms with Gasteiger partial charge in [-0.2, -0.15) is 0 Å². The summed E-state index contributed by atoms with van der Waals surface area (Å²) in [5.74, 6) is 0. The Kier molecular flexibility index (Phi) is 4.55. The van der Waals surface area contributed by atoms with Crippen molar-refractivity contribution in [2.75, 3.05) is 16.5 Å². The van der Waals surface area contributed by atoms with E-state index in [-0.39, 0.29) is 4.90 Å². The second-order valence-corrected chi connectivity index (χ2v) is 9.53. The third-order valence-electron chi connectivity index (χ3n) is 5.60. The predicted octanol–water partition coefficient (Wildman–Crippen LogP) is 4.65. The monoisotopic (exact) mass is 430 g/mol. The maximum absolute atomic E-state index is 13.2. The highest BCUT2D eigenvalue weighted by Crippen LogP contribution is 2.30. The molecular formula is C24H22N4O2S. The molecule has 2 aromatic heterocycles. The summed E-state index contributed by atoms with van der Waals surface area (Å²) < 4.78 is 27.9. The van der Waals surface area contributed by atoms with Gasteiger partial charge in [-0.3, -0.25) is 4.98 Å². The molecule has 0 saturated heterocycles. The third kappa shape index (κ3) is 3.37. The van der Waals surface area contributed by atoms with Crippen LogP contribution in [-0.2, 0) is 10.0 Å². The topological polar surface area (TPSA) is 58.4 Å². The molecule has 7 heteroatoms. The van der Waals surface area contributed by atoms with Gasteiger partial charge in [0.25, 0.3) is 10.0 Å². The van der Waals surface area contributed by atoms with Crippen LogP contribution in [0.5, 0.6) is 0 Å². The molecule has 0 radical (unpaired) electrons. The Morgan fingerprint density at radius 1 is 0.903 bits per heavy atom. The van der Waals surface area contributed by atoms with E-state index < -0.39 is 10.0 Å². The first-order valence-corrected chi connectivity index (χ1v) is 11.4. The maximum atomic E-state index is 13.2. The molecule has 1 aliphatic heterocycles. The average Bonchev–Trinajstić information content (AvgIpc) is 3.41. The molecular weight excluding hydrogens is 408 g/mol.